The van der Waals surface area contributed by atoms with Gasteiger partial charge in [-0.1, -0.05) is 57.9 Å². The van der Waals surface area contributed by atoms with E-state index in [1.54, 1.807) is 30.3 Å². The van der Waals surface area contributed by atoms with E-state index in [2.05, 4.69) is 15.9 Å². The van der Waals surface area contributed by atoms with Crippen LogP contribution in [0.1, 0.15) is 11.1 Å². The van der Waals surface area contributed by atoms with Crippen LogP contribution in [0.2, 0.25) is 0 Å². The van der Waals surface area contributed by atoms with Gasteiger partial charge in [0.1, 0.15) is 5.75 Å². The van der Waals surface area contributed by atoms with Crippen molar-refractivity contribution in [3.63, 3.8) is 0 Å². The van der Waals surface area contributed by atoms with Crippen LogP contribution in [0.5, 0.6) is 5.75 Å². The standard InChI is InChI=1S/C21H20BrNO3S/c1-16-9-11-17(12-10-16)15-23(19-6-3-5-18(22)13-19)27(24,25)21-8-4-7-20(14-21)26-2/h3-14H,15H2,1-2H3. The first-order valence-corrected chi connectivity index (χ1v) is 10.6. The minimum absolute atomic E-state index is 0.189. The van der Waals surface area contributed by atoms with Crippen molar-refractivity contribution in [1.29, 1.82) is 0 Å². The lowest BCUT2D eigenvalue weighted by molar-refractivity contribution is 0.413. The summed E-state index contributed by atoms with van der Waals surface area (Å²) in [7, 11) is -2.26. The quantitative estimate of drug-likeness (QED) is 0.526. The summed E-state index contributed by atoms with van der Waals surface area (Å²) in [6, 6.07) is 21.6. The van der Waals surface area contributed by atoms with E-state index < -0.39 is 10.0 Å². The average Bonchev–Trinajstić information content (AvgIpc) is 2.67. The van der Waals surface area contributed by atoms with Crippen LogP contribution < -0.4 is 9.04 Å². The third-order valence-electron chi connectivity index (χ3n) is 4.17. The first-order chi connectivity index (χ1) is 12.9. The van der Waals surface area contributed by atoms with Crippen LogP contribution in [0.3, 0.4) is 0 Å². The number of nitrogens with zero attached hydrogens (tertiary/aromatic N) is 1. The van der Waals surface area contributed by atoms with E-state index in [0.29, 0.717) is 11.4 Å². The number of rotatable bonds is 6. The van der Waals surface area contributed by atoms with Crippen molar-refractivity contribution >= 4 is 31.6 Å². The Labute approximate surface area is 168 Å². The van der Waals surface area contributed by atoms with Crippen molar-refractivity contribution in [3.8, 4) is 5.75 Å². The van der Waals surface area contributed by atoms with Crippen molar-refractivity contribution in [3.05, 3.63) is 88.4 Å². The smallest absolute Gasteiger partial charge is 0.264 e. The lowest BCUT2D eigenvalue weighted by Gasteiger charge is -2.25. The molecule has 0 unspecified atom stereocenters. The van der Waals surface area contributed by atoms with Crippen LogP contribution in [-0.2, 0) is 16.6 Å². The van der Waals surface area contributed by atoms with E-state index in [4.69, 9.17) is 4.74 Å². The Hall–Kier alpha value is -2.31. The Balaban J connectivity index is 2.08. The van der Waals surface area contributed by atoms with Gasteiger partial charge in [0.2, 0.25) is 0 Å². The monoisotopic (exact) mass is 445 g/mol. The SMILES string of the molecule is COc1cccc(S(=O)(=O)N(Cc2ccc(C)cc2)c2cccc(Br)c2)c1. The van der Waals surface area contributed by atoms with Gasteiger partial charge < -0.3 is 4.74 Å². The highest BCUT2D eigenvalue weighted by molar-refractivity contribution is 9.10. The van der Waals surface area contributed by atoms with Crippen LogP contribution in [-0.4, -0.2) is 15.5 Å². The lowest BCUT2D eigenvalue weighted by atomic mass is 10.1. The third kappa shape index (κ3) is 4.51. The number of hydrogen-bond acceptors (Lipinski definition) is 3. The molecule has 0 saturated carbocycles. The van der Waals surface area contributed by atoms with Gasteiger partial charge in [-0.2, -0.15) is 0 Å². The van der Waals surface area contributed by atoms with Crippen molar-refractivity contribution in [2.75, 3.05) is 11.4 Å². The lowest BCUT2D eigenvalue weighted by Crippen LogP contribution is -2.30. The topological polar surface area (TPSA) is 46.6 Å². The number of aryl methyl sites for hydroxylation is 1. The summed E-state index contributed by atoms with van der Waals surface area (Å²) in [5, 5.41) is 0. The first kappa shape index (κ1) is 19.5. The summed E-state index contributed by atoms with van der Waals surface area (Å²) in [6.45, 7) is 2.24. The summed E-state index contributed by atoms with van der Waals surface area (Å²) >= 11 is 3.43. The normalized spacial score (nSPS) is 11.2. The molecule has 0 fully saturated rings. The van der Waals surface area contributed by atoms with Gasteiger partial charge in [0.15, 0.2) is 0 Å². The maximum absolute atomic E-state index is 13.4. The molecule has 3 aromatic rings. The number of methoxy groups -OCH3 is 1. The van der Waals surface area contributed by atoms with Crippen LogP contribution in [0.25, 0.3) is 0 Å². The predicted molar refractivity (Wildman–Crippen MR) is 112 cm³/mol. The van der Waals surface area contributed by atoms with Crippen LogP contribution in [0, 0.1) is 6.92 Å². The summed E-state index contributed by atoms with van der Waals surface area (Å²) in [5.41, 5.74) is 2.63. The highest BCUT2D eigenvalue weighted by Crippen LogP contribution is 2.29. The average molecular weight is 446 g/mol. The minimum atomic E-state index is -3.78. The Morgan fingerprint density at radius 1 is 0.963 bits per heavy atom. The molecule has 0 heterocycles. The Morgan fingerprint density at radius 3 is 2.33 bits per heavy atom. The maximum atomic E-state index is 13.4. The van der Waals surface area contributed by atoms with Gasteiger partial charge in [-0.05, 0) is 42.8 Å². The molecule has 27 heavy (non-hydrogen) atoms. The molecule has 0 radical (unpaired) electrons. The van der Waals surface area contributed by atoms with Gasteiger partial charge in [-0.3, -0.25) is 4.31 Å². The Bertz CT molecular complexity index is 1030. The van der Waals surface area contributed by atoms with Crippen molar-refractivity contribution < 1.29 is 13.2 Å². The maximum Gasteiger partial charge on any atom is 0.264 e. The summed E-state index contributed by atoms with van der Waals surface area (Å²) in [5.74, 6) is 0.501. The van der Waals surface area contributed by atoms with Gasteiger partial charge in [0, 0.05) is 10.5 Å². The van der Waals surface area contributed by atoms with E-state index in [1.807, 2.05) is 43.3 Å². The number of benzene rings is 3. The first-order valence-electron chi connectivity index (χ1n) is 8.38. The van der Waals surface area contributed by atoms with Crippen molar-refractivity contribution in [2.45, 2.75) is 18.4 Å². The van der Waals surface area contributed by atoms with E-state index in [9.17, 15) is 8.42 Å². The molecule has 0 aliphatic carbocycles. The molecule has 0 aliphatic heterocycles. The number of halogens is 1. The van der Waals surface area contributed by atoms with Gasteiger partial charge in [-0.15, -0.1) is 0 Å². The molecule has 3 aromatic carbocycles. The van der Waals surface area contributed by atoms with Gasteiger partial charge in [0.25, 0.3) is 10.0 Å². The summed E-state index contributed by atoms with van der Waals surface area (Å²) < 4.78 is 34.3. The van der Waals surface area contributed by atoms with Crippen LogP contribution >= 0.6 is 15.9 Å². The molecule has 0 aromatic heterocycles. The third-order valence-corrected chi connectivity index (χ3v) is 6.44. The molecular formula is C21H20BrNO3S. The molecule has 0 spiro atoms. The van der Waals surface area contributed by atoms with Gasteiger partial charge in [0.05, 0.1) is 24.2 Å². The Kier molecular flexibility index (Phi) is 5.87. The second-order valence-electron chi connectivity index (χ2n) is 6.16. The fraction of sp³-hybridized carbons (Fsp3) is 0.143. The zero-order valence-electron chi connectivity index (χ0n) is 15.1. The number of hydrogen-bond donors (Lipinski definition) is 0. The van der Waals surface area contributed by atoms with Gasteiger partial charge >= 0.3 is 0 Å². The zero-order valence-corrected chi connectivity index (χ0v) is 17.5. The van der Waals surface area contributed by atoms with E-state index in [0.717, 1.165) is 15.6 Å². The summed E-state index contributed by atoms with van der Waals surface area (Å²) in [6.07, 6.45) is 0. The van der Waals surface area contributed by atoms with E-state index >= 15 is 0 Å². The van der Waals surface area contributed by atoms with Crippen molar-refractivity contribution in [2.24, 2.45) is 0 Å². The molecule has 0 aliphatic rings. The molecule has 0 saturated heterocycles. The van der Waals surface area contributed by atoms with Crippen LogP contribution in [0.4, 0.5) is 5.69 Å². The van der Waals surface area contributed by atoms with Gasteiger partial charge in [-0.25, -0.2) is 8.42 Å². The fourth-order valence-corrected chi connectivity index (χ4v) is 4.56. The second-order valence-corrected chi connectivity index (χ2v) is 8.93. The zero-order chi connectivity index (χ0) is 19.4. The highest BCUT2D eigenvalue weighted by Gasteiger charge is 2.26. The number of ether oxygens (including phenoxy) is 1. The Morgan fingerprint density at radius 2 is 1.67 bits per heavy atom. The molecule has 0 atom stereocenters. The molecular weight excluding hydrogens is 426 g/mol. The molecule has 0 amide bonds. The number of anilines is 1. The second kappa shape index (κ2) is 8.15. The highest BCUT2D eigenvalue weighted by atomic mass is 79.9. The molecule has 3 rings (SSSR count). The van der Waals surface area contributed by atoms with Crippen LogP contribution in [0.15, 0.2) is 82.2 Å². The predicted octanol–water partition coefficient (Wildman–Crippen LogP) is 5.16. The summed E-state index contributed by atoms with van der Waals surface area (Å²) in [4.78, 5) is 0.189. The fourth-order valence-electron chi connectivity index (χ4n) is 2.69. The molecule has 140 valence electrons. The minimum Gasteiger partial charge on any atom is -0.497 e. The molecule has 4 nitrogen and oxygen atoms in total. The van der Waals surface area contributed by atoms with E-state index in [1.165, 1.54) is 17.5 Å². The molecule has 0 N–H and O–H groups in total. The largest absolute Gasteiger partial charge is 0.497 e. The van der Waals surface area contributed by atoms with E-state index in [-0.39, 0.29) is 11.4 Å². The van der Waals surface area contributed by atoms with Crippen molar-refractivity contribution in [1.82, 2.24) is 0 Å². The number of sulfonamides is 1. The molecule has 0 bridgehead atoms. The molecule has 6 heteroatoms.